The number of methoxy groups -OCH3 is 1. The first-order valence-electron chi connectivity index (χ1n) is 10.8. The van der Waals surface area contributed by atoms with Crippen molar-refractivity contribution < 1.29 is 30.8 Å². The van der Waals surface area contributed by atoms with E-state index in [0.29, 0.717) is 16.5 Å². The number of benzene rings is 3. The van der Waals surface area contributed by atoms with Gasteiger partial charge in [-0.3, -0.25) is 9.52 Å². The molecular weight excluding hydrogens is 533 g/mol. The Labute approximate surface area is 218 Å². The number of carbonyl (C=O) groups excluding carboxylic acids is 1. The van der Waals surface area contributed by atoms with Crippen LogP contribution in [0.15, 0.2) is 76.7 Å². The number of nitrogens with one attached hydrogen (secondary N) is 1. The predicted octanol–water partition coefficient (Wildman–Crippen LogP) is 3.09. The van der Waals surface area contributed by atoms with Gasteiger partial charge in [-0.1, -0.05) is 36.1 Å². The number of anilines is 1. The normalized spacial score (nSPS) is 11.4. The first-order chi connectivity index (χ1) is 17.9. The van der Waals surface area contributed by atoms with Crippen LogP contribution in [-0.4, -0.2) is 41.1 Å². The summed E-state index contributed by atoms with van der Waals surface area (Å²) < 4.78 is 72.2. The second kappa shape index (κ2) is 10.1. The fourth-order valence-corrected chi connectivity index (χ4v) is 5.50. The highest BCUT2D eigenvalue weighted by atomic mass is 32.2. The van der Waals surface area contributed by atoms with Crippen LogP contribution in [0.2, 0.25) is 0 Å². The minimum atomic E-state index is -4.18. The van der Waals surface area contributed by atoms with Gasteiger partial charge < -0.3 is 10.5 Å². The van der Waals surface area contributed by atoms with E-state index in [1.54, 1.807) is 24.3 Å². The highest BCUT2D eigenvalue weighted by Crippen LogP contribution is 2.32. The molecule has 1 heterocycles. The summed E-state index contributed by atoms with van der Waals surface area (Å²) in [6, 6.07) is 15.4. The van der Waals surface area contributed by atoms with Crippen molar-refractivity contribution in [3.8, 4) is 17.6 Å². The van der Waals surface area contributed by atoms with E-state index >= 15 is 0 Å². The van der Waals surface area contributed by atoms with Crippen LogP contribution in [0.5, 0.6) is 5.75 Å². The topological polar surface area (TPSA) is 146 Å². The number of hydrogen-bond acceptors (Lipinski definition) is 7. The van der Waals surface area contributed by atoms with Crippen LogP contribution in [-0.2, 0) is 19.9 Å². The Bertz CT molecular complexity index is 1880. The Hall–Kier alpha value is -4.47. The zero-order valence-corrected chi connectivity index (χ0v) is 21.7. The minimum Gasteiger partial charge on any atom is -0.496 e. The minimum absolute atomic E-state index is 0.0240. The number of nitrogens with zero attached hydrogens (tertiary/aromatic N) is 1. The van der Waals surface area contributed by atoms with E-state index < -0.39 is 37.3 Å². The third-order valence-electron chi connectivity index (χ3n) is 5.39. The zero-order chi connectivity index (χ0) is 27.7. The van der Waals surface area contributed by atoms with Crippen molar-refractivity contribution in [2.45, 2.75) is 9.92 Å². The molecule has 1 aromatic heterocycles. The Morgan fingerprint density at radius 1 is 0.947 bits per heavy atom. The first-order valence-corrected chi connectivity index (χ1v) is 14.2. The van der Waals surface area contributed by atoms with Gasteiger partial charge >= 0.3 is 0 Å². The second-order valence-electron chi connectivity index (χ2n) is 8.04. The van der Waals surface area contributed by atoms with E-state index in [-0.39, 0.29) is 26.7 Å². The summed E-state index contributed by atoms with van der Waals surface area (Å²) in [5, 5.41) is 0.626. The molecule has 0 bridgehead atoms. The molecule has 0 aliphatic carbocycles. The number of nitrogens with two attached hydrogens (primary N) is 1. The molecule has 0 unspecified atom stereocenters. The van der Waals surface area contributed by atoms with E-state index in [9.17, 15) is 26.0 Å². The number of amides is 1. The standard InChI is InChI=1S/C26H20FN3O6S2/c1-36-22-12-13-23(20-6-4-3-5-19(20)22)38(34,35)30-21-11-10-18(27)15-17(21)8-7-16-9-14-24(37(2,32)33)29-25(16)26(28)31/h3-6,9-15,30H,1-2H3,(H2,28,31). The molecule has 0 aliphatic rings. The van der Waals surface area contributed by atoms with Gasteiger partial charge in [-0.2, -0.15) is 0 Å². The second-order valence-corrected chi connectivity index (χ2v) is 11.7. The van der Waals surface area contributed by atoms with Crippen molar-refractivity contribution >= 4 is 42.2 Å². The van der Waals surface area contributed by atoms with Gasteiger partial charge in [0.2, 0.25) is 0 Å². The molecule has 0 saturated carbocycles. The molecule has 0 aliphatic heterocycles. The number of rotatable bonds is 6. The summed E-state index contributed by atoms with van der Waals surface area (Å²) in [5.74, 6) is 4.01. The van der Waals surface area contributed by atoms with Crippen molar-refractivity contribution in [3.63, 3.8) is 0 Å². The Balaban J connectivity index is 1.78. The average Bonchev–Trinajstić information content (AvgIpc) is 2.87. The zero-order valence-electron chi connectivity index (χ0n) is 20.0. The summed E-state index contributed by atoms with van der Waals surface area (Å²) >= 11 is 0. The van der Waals surface area contributed by atoms with E-state index in [0.717, 1.165) is 24.5 Å². The average molecular weight is 554 g/mol. The van der Waals surface area contributed by atoms with E-state index in [1.807, 2.05) is 0 Å². The number of aromatic nitrogens is 1. The molecule has 12 heteroatoms. The lowest BCUT2D eigenvalue weighted by atomic mass is 10.1. The van der Waals surface area contributed by atoms with Crippen molar-refractivity contribution in [1.82, 2.24) is 4.98 Å². The van der Waals surface area contributed by atoms with Crippen molar-refractivity contribution in [2.75, 3.05) is 18.1 Å². The monoisotopic (exact) mass is 553 g/mol. The van der Waals surface area contributed by atoms with E-state index in [1.165, 1.54) is 31.4 Å². The molecule has 3 aromatic carbocycles. The molecule has 0 fully saturated rings. The lowest BCUT2D eigenvalue weighted by molar-refractivity contribution is 0.0994. The molecule has 0 spiro atoms. The van der Waals surface area contributed by atoms with Crippen LogP contribution in [0, 0.1) is 17.7 Å². The molecule has 0 radical (unpaired) electrons. The van der Waals surface area contributed by atoms with Gasteiger partial charge in [0.15, 0.2) is 14.9 Å². The van der Waals surface area contributed by atoms with E-state index in [4.69, 9.17) is 10.5 Å². The summed E-state index contributed by atoms with van der Waals surface area (Å²) in [4.78, 5) is 15.6. The molecule has 4 aromatic rings. The quantitative estimate of drug-likeness (QED) is 0.349. The number of carbonyl (C=O) groups is 1. The molecule has 0 saturated heterocycles. The third kappa shape index (κ3) is 5.44. The first kappa shape index (κ1) is 26.6. The molecule has 1 amide bonds. The summed E-state index contributed by atoms with van der Waals surface area (Å²) in [6.45, 7) is 0. The Kier molecular flexibility index (Phi) is 7.08. The SMILES string of the molecule is COc1ccc(S(=O)(=O)Nc2ccc(F)cc2C#Cc2ccc(S(C)(=O)=O)nc2C(N)=O)c2ccccc12. The number of pyridine rings is 1. The van der Waals surface area contributed by atoms with Gasteiger partial charge in [0.25, 0.3) is 15.9 Å². The summed E-state index contributed by atoms with van der Waals surface area (Å²) in [7, 11) is -6.42. The van der Waals surface area contributed by atoms with E-state index in [2.05, 4.69) is 21.5 Å². The van der Waals surface area contributed by atoms with Gasteiger partial charge in [0, 0.05) is 17.0 Å². The molecular formula is C26H20FN3O6S2. The van der Waals surface area contributed by atoms with Crippen molar-refractivity contribution in [2.24, 2.45) is 5.73 Å². The number of hydrogen-bond donors (Lipinski definition) is 2. The molecule has 9 nitrogen and oxygen atoms in total. The molecule has 0 atom stereocenters. The van der Waals surface area contributed by atoms with Crippen molar-refractivity contribution in [3.05, 3.63) is 89.4 Å². The van der Waals surface area contributed by atoms with Crippen LogP contribution in [0.25, 0.3) is 10.8 Å². The maximum absolute atomic E-state index is 14.1. The van der Waals surface area contributed by atoms with Crippen LogP contribution in [0.1, 0.15) is 21.6 Å². The van der Waals surface area contributed by atoms with Crippen LogP contribution < -0.4 is 15.2 Å². The Morgan fingerprint density at radius 2 is 1.63 bits per heavy atom. The molecule has 38 heavy (non-hydrogen) atoms. The maximum Gasteiger partial charge on any atom is 0.268 e. The number of ether oxygens (including phenoxy) is 1. The highest BCUT2D eigenvalue weighted by molar-refractivity contribution is 7.93. The molecule has 194 valence electrons. The summed E-state index contributed by atoms with van der Waals surface area (Å²) in [5.41, 5.74) is 4.84. The van der Waals surface area contributed by atoms with Crippen LogP contribution in [0.3, 0.4) is 0 Å². The smallest absolute Gasteiger partial charge is 0.268 e. The van der Waals surface area contributed by atoms with Gasteiger partial charge in [-0.25, -0.2) is 26.2 Å². The van der Waals surface area contributed by atoms with Gasteiger partial charge in [0.1, 0.15) is 17.3 Å². The van der Waals surface area contributed by atoms with Gasteiger partial charge in [0.05, 0.1) is 28.8 Å². The highest BCUT2D eigenvalue weighted by Gasteiger charge is 2.21. The largest absolute Gasteiger partial charge is 0.496 e. The van der Waals surface area contributed by atoms with Crippen LogP contribution in [0.4, 0.5) is 10.1 Å². The predicted molar refractivity (Wildman–Crippen MR) is 140 cm³/mol. The molecule has 4 rings (SSSR count). The maximum atomic E-state index is 14.1. The van der Waals surface area contributed by atoms with Gasteiger partial charge in [-0.05, 0) is 42.5 Å². The fraction of sp³-hybridized carbons (Fsp3) is 0.0769. The number of sulfonamides is 1. The lowest BCUT2D eigenvalue weighted by Crippen LogP contribution is -2.17. The van der Waals surface area contributed by atoms with Gasteiger partial charge in [-0.15, -0.1) is 0 Å². The summed E-state index contributed by atoms with van der Waals surface area (Å²) in [6.07, 6.45) is 0.919. The number of primary amides is 1. The lowest BCUT2D eigenvalue weighted by Gasteiger charge is -2.14. The number of halogens is 1. The number of sulfone groups is 1. The Morgan fingerprint density at radius 3 is 2.29 bits per heavy atom. The van der Waals surface area contributed by atoms with Crippen molar-refractivity contribution in [1.29, 1.82) is 0 Å². The molecule has 3 N–H and O–H groups in total. The third-order valence-corrected chi connectivity index (χ3v) is 7.81. The fourth-order valence-electron chi connectivity index (χ4n) is 3.64. The number of fused-ring (bicyclic) bond motifs is 1. The van der Waals surface area contributed by atoms with Crippen LogP contribution >= 0.6 is 0 Å².